The molecule has 2 amide bonds. The maximum Gasteiger partial charge on any atom is 0.248 e. The predicted molar refractivity (Wildman–Crippen MR) is 79.9 cm³/mol. The van der Waals surface area contributed by atoms with Gasteiger partial charge in [0.2, 0.25) is 11.8 Å². The summed E-state index contributed by atoms with van der Waals surface area (Å²) in [4.78, 5) is 26.2. The van der Waals surface area contributed by atoms with Crippen molar-refractivity contribution < 1.29 is 9.59 Å². The van der Waals surface area contributed by atoms with Gasteiger partial charge in [0, 0.05) is 17.9 Å². The number of carbonyl (C=O) groups is 2. The fraction of sp³-hybridized carbons (Fsp3) is 0.714. The molecule has 1 N–H and O–H groups in total. The zero-order valence-corrected chi connectivity index (χ0v) is 13.2. The summed E-state index contributed by atoms with van der Waals surface area (Å²) < 4.78 is 0. The van der Waals surface area contributed by atoms with Crippen LogP contribution in [0.15, 0.2) is 11.6 Å². The lowest BCUT2D eigenvalue weighted by Crippen LogP contribution is -2.50. The molecule has 2 unspecified atom stereocenters. The summed E-state index contributed by atoms with van der Waals surface area (Å²) in [5, 5.41) is 3.00. The van der Waals surface area contributed by atoms with Crippen LogP contribution in [0.3, 0.4) is 0 Å². The van der Waals surface area contributed by atoms with E-state index in [-0.39, 0.29) is 29.3 Å². The van der Waals surface area contributed by atoms with E-state index in [1.54, 1.807) is 22.7 Å². The van der Waals surface area contributed by atoms with E-state index in [0.29, 0.717) is 5.75 Å². The molecule has 0 spiro atoms. The molecule has 0 aliphatic carbocycles. The van der Waals surface area contributed by atoms with Gasteiger partial charge in [-0.15, -0.1) is 11.8 Å². The molecule has 1 fully saturated rings. The molecule has 1 rings (SSSR count). The number of hydrogen-bond acceptors (Lipinski definition) is 3. The number of nitrogens with zero attached hydrogens (tertiary/aromatic N) is 1. The zero-order valence-electron chi connectivity index (χ0n) is 12.4. The number of amides is 2. The van der Waals surface area contributed by atoms with E-state index in [1.807, 2.05) is 34.6 Å². The van der Waals surface area contributed by atoms with Gasteiger partial charge in [0.15, 0.2) is 0 Å². The van der Waals surface area contributed by atoms with Crippen molar-refractivity contribution in [2.45, 2.75) is 58.5 Å². The van der Waals surface area contributed by atoms with Gasteiger partial charge in [-0.3, -0.25) is 9.59 Å². The summed E-state index contributed by atoms with van der Waals surface area (Å²) in [5.74, 6) is 0.578. The molecule has 0 bridgehead atoms. The highest BCUT2D eigenvalue weighted by Gasteiger charge is 2.39. The van der Waals surface area contributed by atoms with Crippen molar-refractivity contribution in [1.29, 1.82) is 0 Å². The average molecular weight is 284 g/mol. The molecule has 1 aliphatic rings. The number of allylic oxidation sites excluding steroid dienone is 1. The minimum Gasteiger partial charge on any atom is -0.352 e. The molecule has 0 aromatic rings. The maximum absolute atomic E-state index is 12.3. The van der Waals surface area contributed by atoms with Crippen LogP contribution in [-0.4, -0.2) is 39.9 Å². The Bertz CT molecular complexity index is 376. The molecular weight excluding hydrogens is 260 g/mol. The highest BCUT2D eigenvalue weighted by Crippen LogP contribution is 2.31. The average Bonchev–Trinajstić information content (AvgIpc) is 2.70. The topological polar surface area (TPSA) is 49.4 Å². The number of rotatable bonds is 4. The zero-order chi connectivity index (χ0) is 14.6. The van der Waals surface area contributed by atoms with E-state index in [9.17, 15) is 9.59 Å². The molecule has 0 radical (unpaired) electrons. The monoisotopic (exact) mass is 284 g/mol. The summed E-state index contributed by atoms with van der Waals surface area (Å²) in [6, 6.07) is -0.251. The molecule has 2 atom stereocenters. The van der Waals surface area contributed by atoms with Crippen LogP contribution >= 0.6 is 11.8 Å². The highest BCUT2D eigenvalue weighted by atomic mass is 32.2. The van der Waals surface area contributed by atoms with Gasteiger partial charge in [-0.25, -0.2) is 0 Å². The van der Waals surface area contributed by atoms with Gasteiger partial charge in [-0.1, -0.05) is 12.5 Å². The first kappa shape index (κ1) is 16.1. The Kier molecular flexibility index (Phi) is 5.91. The van der Waals surface area contributed by atoms with Crippen LogP contribution < -0.4 is 5.32 Å². The third-order valence-electron chi connectivity index (χ3n) is 2.84. The minimum absolute atomic E-state index is 0.0473. The summed E-state index contributed by atoms with van der Waals surface area (Å²) in [7, 11) is 0. The van der Waals surface area contributed by atoms with Crippen molar-refractivity contribution in [1.82, 2.24) is 10.2 Å². The Balaban J connectivity index is 2.88. The van der Waals surface area contributed by atoms with Gasteiger partial charge >= 0.3 is 0 Å². The molecule has 1 saturated heterocycles. The lowest BCUT2D eigenvalue weighted by molar-refractivity contribution is -0.136. The lowest BCUT2D eigenvalue weighted by Gasteiger charge is -2.27. The van der Waals surface area contributed by atoms with Crippen LogP contribution in [0.5, 0.6) is 0 Å². The van der Waals surface area contributed by atoms with Crippen LogP contribution in [0, 0.1) is 0 Å². The highest BCUT2D eigenvalue weighted by molar-refractivity contribution is 8.00. The Morgan fingerprint density at radius 1 is 1.42 bits per heavy atom. The molecule has 5 heteroatoms. The first-order valence-electron chi connectivity index (χ1n) is 6.76. The van der Waals surface area contributed by atoms with E-state index in [1.165, 1.54) is 0 Å². The first-order chi connectivity index (χ1) is 8.86. The summed E-state index contributed by atoms with van der Waals surface area (Å²) in [6.07, 6.45) is 2.47. The Labute approximate surface area is 120 Å². The molecule has 4 nitrogen and oxygen atoms in total. The van der Waals surface area contributed by atoms with Gasteiger partial charge < -0.3 is 10.2 Å². The second-order valence-corrected chi connectivity index (χ2v) is 6.55. The van der Waals surface area contributed by atoms with Gasteiger partial charge in [0.05, 0.1) is 5.37 Å². The lowest BCUT2D eigenvalue weighted by atomic mass is 10.2. The molecule has 1 heterocycles. The van der Waals surface area contributed by atoms with Crippen LogP contribution in [0.2, 0.25) is 0 Å². The third-order valence-corrected chi connectivity index (χ3v) is 4.30. The molecule has 108 valence electrons. The molecule has 19 heavy (non-hydrogen) atoms. The smallest absolute Gasteiger partial charge is 0.248 e. The van der Waals surface area contributed by atoms with Crippen molar-refractivity contribution >= 4 is 23.6 Å². The van der Waals surface area contributed by atoms with Crippen molar-refractivity contribution in [3.63, 3.8) is 0 Å². The van der Waals surface area contributed by atoms with Crippen molar-refractivity contribution in [2.24, 2.45) is 0 Å². The van der Waals surface area contributed by atoms with Gasteiger partial charge in [0.25, 0.3) is 0 Å². The second-order valence-electron chi connectivity index (χ2n) is 5.34. The van der Waals surface area contributed by atoms with Gasteiger partial charge in [-0.05, 0) is 34.1 Å². The third kappa shape index (κ3) is 4.27. The predicted octanol–water partition coefficient (Wildman–Crippen LogP) is 2.16. The second kappa shape index (κ2) is 6.98. The fourth-order valence-electron chi connectivity index (χ4n) is 2.08. The minimum atomic E-state index is -0.347. The van der Waals surface area contributed by atoms with Crippen molar-refractivity contribution in [2.75, 3.05) is 5.75 Å². The number of carbonyl (C=O) groups excluding carboxylic acids is 2. The quantitative estimate of drug-likeness (QED) is 0.805. The largest absolute Gasteiger partial charge is 0.352 e. The number of hydrogen-bond donors (Lipinski definition) is 1. The van der Waals surface area contributed by atoms with E-state index in [4.69, 9.17) is 0 Å². The first-order valence-corrected chi connectivity index (χ1v) is 7.80. The van der Waals surface area contributed by atoms with Crippen molar-refractivity contribution in [3.05, 3.63) is 11.6 Å². The summed E-state index contributed by atoms with van der Waals surface area (Å²) in [5.41, 5.74) is 0.958. The van der Waals surface area contributed by atoms with Crippen molar-refractivity contribution in [3.8, 4) is 0 Å². The normalized spacial score (nSPS) is 22.5. The Morgan fingerprint density at radius 3 is 2.53 bits per heavy atom. The van der Waals surface area contributed by atoms with Crippen LogP contribution in [-0.2, 0) is 9.59 Å². The van der Waals surface area contributed by atoms with Gasteiger partial charge in [0.1, 0.15) is 6.04 Å². The maximum atomic E-state index is 12.3. The number of thioether (sulfide) groups is 1. The number of nitrogens with one attached hydrogen (secondary N) is 1. The van der Waals surface area contributed by atoms with E-state index >= 15 is 0 Å². The van der Waals surface area contributed by atoms with Crippen LogP contribution in [0.25, 0.3) is 0 Å². The van der Waals surface area contributed by atoms with E-state index in [0.717, 1.165) is 12.0 Å². The van der Waals surface area contributed by atoms with Crippen LogP contribution in [0.4, 0.5) is 0 Å². The molecule has 0 saturated carbocycles. The molecular formula is C14H24N2O2S. The Hall–Kier alpha value is -0.970. The van der Waals surface area contributed by atoms with Crippen LogP contribution in [0.1, 0.15) is 41.0 Å². The SMILES string of the molecule is CCC1SCC(C(=O)NC(C)C)N1C(=O)C=C(C)C. The van der Waals surface area contributed by atoms with Gasteiger partial charge in [-0.2, -0.15) is 0 Å². The molecule has 0 aromatic heterocycles. The summed E-state index contributed by atoms with van der Waals surface area (Å²) in [6.45, 7) is 9.69. The molecule has 1 aliphatic heterocycles. The summed E-state index contributed by atoms with van der Waals surface area (Å²) >= 11 is 1.68. The van der Waals surface area contributed by atoms with E-state index < -0.39 is 0 Å². The standard InChI is InChI=1S/C14H24N2O2S/c1-6-13-16(12(17)7-9(2)3)11(8-19-13)14(18)15-10(4)5/h7,10-11,13H,6,8H2,1-5H3,(H,15,18). The fourth-order valence-corrected chi connectivity index (χ4v) is 3.44. The van der Waals surface area contributed by atoms with E-state index in [2.05, 4.69) is 5.32 Å². The Morgan fingerprint density at radius 2 is 2.05 bits per heavy atom. The molecule has 0 aromatic carbocycles.